The van der Waals surface area contributed by atoms with Crippen molar-refractivity contribution in [1.82, 2.24) is 5.32 Å². The molecule has 0 aliphatic rings. The molecule has 0 heterocycles. The largest absolute Gasteiger partial charge is 0.496 e. The van der Waals surface area contributed by atoms with E-state index in [2.05, 4.69) is 31.3 Å². The van der Waals surface area contributed by atoms with Gasteiger partial charge < -0.3 is 10.1 Å². The second-order valence-electron chi connectivity index (χ2n) is 4.97. The summed E-state index contributed by atoms with van der Waals surface area (Å²) in [7, 11) is 1.71. The molecular formula is C17H20ClNO. The first-order valence-electron chi connectivity index (χ1n) is 6.72. The van der Waals surface area contributed by atoms with Crippen molar-refractivity contribution >= 4 is 11.6 Å². The second kappa shape index (κ2) is 6.78. The van der Waals surface area contributed by atoms with Crippen molar-refractivity contribution in [3.05, 3.63) is 64.2 Å². The van der Waals surface area contributed by atoms with Crippen molar-refractivity contribution in [2.45, 2.75) is 26.4 Å². The van der Waals surface area contributed by atoms with Crippen molar-refractivity contribution in [3.63, 3.8) is 0 Å². The van der Waals surface area contributed by atoms with Crippen molar-refractivity contribution in [2.75, 3.05) is 7.11 Å². The topological polar surface area (TPSA) is 21.3 Å². The summed E-state index contributed by atoms with van der Waals surface area (Å²) in [6.45, 7) is 5.01. The van der Waals surface area contributed by atoms with Crippen LogP contribution >= 0.6 is 11.6 Å². The first kappa shape index (κ1) is 14.9. The molecule has 0 amide bonds. The Morgan fingerprint density at radius 3 is 2.50 bits per heavy atom. The molecule has 1 unspecified atom stereocenters. The van der Waals surface area contributed by atoms with Gasteiger partial charge in [0.05, 0.1) is 7.11 Å². The Bertz CT molecular complexity index is 566. The Morgan fingerprint density at radius 2 is 1.85 bits per heavy atom. The molecule has 0 bridgehead atoms. The third-order valence-corrected chi connectivity index (χ3v) is 3.66. The fraction of sp³-hybridized carbons (Fsp3) is 0.294. The van der Waals surface area contributed by atoms with E-state index in [0.717, 1.165) is 17.3 Å². The fourth-order valence-corrected chi connectivity index (χ4v) is 2.30. The van der Waals surface area contributed by atoms with E-state index in [0.29, 0.717) is 0 Å². The zero-order valence-corrected chi connectivity index (χ0v) is 12.9. The third-order valence-electron chi connectivity index (χ3n) is 3.40. The number of hydrogen-bond acceptors (Lipinski definition) is 2. The van der Waals surface area contributed by atoms with E-state index in [4.69, 9.17) is 16.3 Å². The number of benzene rings is 2. The van der Waals surface area contributed by atoms with E-state index in [9.17, 15) is 0 Å². The highest BCUT2D eigenvalue weighted by Crippen LogP contribution is 2.21. The van der Waals surface area contributed by atoms with Crippen LogP contribution in [-0.2, 0) is 6.54 Å². The summed E-state index contributed by atoms with van der Waals surface area (Å²) in [6, 6.07) is 14.4. The number of hydrogen-bond donors (Lipinski definition) is 1. The number of halogens is 1. The van der Waals surface area contributed by atoms with Gasteiger partial charge in [-0.2, -0.15) is 0 Å². The van der Waals surface area contributed by atoms with Crippen LogP contribution in [-0.4, -0.2) is 7.11 Å². The summed E-state index contributed by atoms with van der Waals surface area (Å²) in [5, 5.41) is 4.28. The summed E-state index contributed by atoms with van der Waals surface area (Å²) >= 11 is 5.91. The smallest absolute Gasteiger partial charge is 0.123 e. The molecule has 2 nitrogen and oxygen atoms in total. The molecule has 0 saturated heterocycles. The highest BCUT2D eigenvalue weighted by atomic mass is 35.5. The average Bonchev–Trinajstić information content (AvgIpc) is 2.45. The van der Waals surface area contributed by atoms with E-state index in [1.807, 2.05) is 30.3 Å². The molecule has 0 aromatic heterocycles. The van der Waals surface area contributed by atoms with Crippen LogP contribution < -0.4 is 10.1 Å². The number of nitrogens with one attached hydrogen (secondary N) is 1. The van der Waals surface area contributed by atoms with E-state index < -0.39 is 0 Å². The molecule has 2 rings (SSSR count). The maximum Gasteiger partial charge on any atom is 0.123 e. The lowest BCUT2D eigenvalue weighted by Gasteiger charge is -2.16. The van der Waals surface area contributed by atoms with Crippen molar-refractivity contribution < 1.29 is 4.74 Å². The first-order chi connectivity index (χ1) is 9.60. The minimum Gasteiger partial charge on any atom is -0.496 e. The summed E-state index contributed by atoms with van der Waals surface area (Å²) in [6.07, 6.45) is 0. The van der Waals surface area contributed by atoms with Crippen LogP contribution in [0.15, 0.2) is 42.5 Å². The van der Waals surface area contributed by atoms with Crippen LogP contribution in [0.2, 0.25) is 5.02 Å². The third kappa shape index (κ3) is 3.75. The molecule has 0 saturated carbocycles. The van der Waals surface area contributed by atoms with Gasteiger partial charge in [-0.15, -0.1) is 0 Å². The maximum absolute atomic E-state index is 5.91. The standard InChI is InChI=1S/C17H20ClNO/c1-12-4-9-17(20-3)15(10-12)11-19-13(2)14-5-7-16(18)8-6-14/h4-10,13,19H,11H2,1-3H3. The molecule has 3 heteroatoms. The lowest BCUT2D eigenvalue weighted by atomic mass is 10.1. The number of rotatable bonds is 5. The quantitative estimate of drug-likeness (QED) is 0.874. The summed E-state index contributed by atoms with van der Waals surface area (Å²) in [5.41, 5.74) is 3.64. The molecule has 0 aliphatic carbocycles. The van der Waals surface area contributed by atoms with E-state index in [1.165, 1.54) is 16.7 Å². The summed E-state index contributed by atoms with van der Waals surface area (Å²) in [4.78, 5) is 0. The molecule has 0 aliphatic heterocycles. The van der Waals surface area contributed by atoms with Gasteiger partial charge >= 0.3 is 0 Å². The molecule has 0 fully saturated rings. The van der Waals surface area contributed by atoms with E-state index in [1.54, 1.807) is 7.11 Å². The number of aryl methyl sites for hydroxylation is 1. The average molecular weight is 290 g/mol. The highest BCUT2D eigenvalue weighted by molar-refractivity contribution is 6.30. The minimum atomic E-state index is 0.262. The van der Waals surface area contributed by atoms with E-state index >= 15 is 0 Å². The molecular weight excluding hydrogens is 270 g/mol. The van der Waals surface area contributed by atoms with Gasteiger partial charge in [0.2, 0.25) is 0 Å². The molecule has 2 aromatic rings. The van der Waals surface area contributed by atoms with Gasteiger partial charge in [0.15, 0.2) is 0 Å². The van der Waals surface area contributed by atoms with Crippen LogP contribution in [0.4, 0.5) is 0 Å². The predicted molar refractivity (Wildman–Crippen MR) is 84.4 cm³/mol. The predicted octanol–water partition coefficient (Wildman–Crippen LogP) is 4.51. The molecule has 0 radical (unpaired) electrons. The molecule has 1 N–H and O–H groups in total. The van der Waals surface area contributed by atoms with E-state index in [-0.39, 0.29) is 6.04 Å². The molecule has 0 spiro atoms. The van der Waals surface area contributed by atoms with Crippen molar-refractivity contribution in [3.8, 4) is 5.75 Å². The van der Waals surface area contributed by atoms with Gasteiger partial charge in [-0.25, -0.2) is 0 Å². The van der Waals surface area contributed by atoms with Gasteiger partial charge in [-0.05, 0) is 37.6 Å². The zero-order valence-electron chi connectivity index (χ0n) is 12.1. The van der Waals surface area contributed by atoms with Gasteiger partial charge in [-0.3, -0.25) is 0 Å². The zero-order chi connectivity index (χ0) is 14.5. The summed E-state index contributed by atoms with van der Waals surface area (Å²) < 4.78 is 5.40. The minimum absolute atomic E-state index is 0.262. The van der Waals surface area contributed by atoms with Gasteiger partial charge in [0.1, 0.15) is 5.75 Å². The van der Waals surface area contributed by atoms with Crippen molar-refractivity contribution in [1.29, 1.82) is 0 Å². The Kier molecular flexibility index (Phi) is 5.05. The lowest BCUT2D eigenvalue weighted by Crippen LogP contribution is -2.18. The van der Waals surface area contributed by atoms with Crippen LogP contribution in [0.5, 0.6) is 5.75 Å². The number of ether oxygens (including phenoxy) is 1. The van der Waals surface area contributed by atoms with Crippen molar-refractivity contribution in [2.24, 2.45) is 0 Å². The second-order valence-corrected chi connectivity index (χ2v) is 5.41. The summed E-state index contributed by atoms with van der Waals surface area (Å²) in [5.74, 6) is 0.923. The Labute approximate surface area is 125 Å². The van der Waals surface area contributed by atoms with Crippen LogP contribution in [0, 0.1) is 6.92 Å². The molecule has 20 heavy (non-hydrogen) atoms. The van der Waals surface area contributed by atoms with Gasteiger partial charge in [0, 0.05) is 23.2 Å². The van der Waals surface area contributed by atoms with Crippen LogP contribution in [0.1, 0.15) is 29.7 Å². The van der Waals surface area contributed by atoms with Crippen LogP contribution in [0.25, 0.3) is 0 Å². The maximum atomic E-state index is 5.91. The number of methoxy groups -OCH3 is 1. The lowest BCUT2D eigenvalue weighted by molar-refractivity contribution is 0.406. The highest BCUT2D eigenvalue weighted by Gasteiger charge is 2.07. The van der Waals surface area contributed by atoms with Crippen LogP contribution in [0.3, 0.4) is 0 Å². The first-order valence-corrected chi connectivity index (χ1v) is 7.10. The van der Waals surface area contributed by atoms with Gasteiger partial charge in [0.25, 0.3) is 0 Å². The Balaban J connectivity index is 2.04. The molecule has 2 aromatic carbocycles. The fourth-order valence-electron chi connectivity index (χ4n) is 2.18. The Hall–Kier alpha value is -1.51. The monoisotopic (exact) mass is 289 g/mol. The molecule has 1 atom stereocenters. The van der Waals surface area contributed by atoms with Gasteiger partial charge in [-0.1, -0.05) is 41.4 Å². The molecule has 106 valence electrons. The SMILES string of the molecule is COc1ccc(C)cc1CNC(C)c1ccc(Cl)cc1. The normalized spacial score (nSPS) is 12.2. The Morgan fingerprint density at radius 1 is 1.15 bits per heavy atom.